The number of aryl methyl sites for hydroxylation is 1. The van der Waals surface area contributed by atoms with Crippen LogP contribution in [0, 0.1) is 12.7 Å². The number of benzene rings is 2. The molecule has 2 amide bonds. The fourth-order valence-corrected chi connectivity index (χ4v) is 7.02. The molecule has 2 aromatic rings. The highest BCUT2D eigenvalue weighted by Gasteiger charge is 2.45. The van der Waals surface area contributed by atoms with E-state index >= 15 is 0 Å². The molecule has 10 nitrogen and oxygen atoms in total. The predicted molar refractivity (Wildman–Crippen MR) is 138 cm³/mol. The van der Waals surface area contributed by atoms with E-state index in [4.69, 9.17) is 11.6 Å². The summed E-state index contributed by atoms with van der Waals surface area (Å²) in [5.74, 6) is -1.97. The maximum absolute atomic E-state index is 13.8. The Labute approximate surface area is 220 Å². The number of sulfonamides is 1. The van der Waals surface area contributed by atoms with E-state index in [0.717, 1.165) is 11.3 Å². The van der Waals surface area contributed by atoms with Gasteiger partial charge in [-0.05, 0) is 49.6 Å². The first-order chi connectivity index (χ1) is 17.2. The van der Waals surface area contributed by atoms with Crippen molar-refractivity contribution in [3.05, 3.63) is 59.4 Å². The Morgan fingerprint density at radius 1 is 1.22 bits per heavy atom. The molecule has 3 unspecified atom stereocenters. The second kappa shape index (κ2) is 11.4. The van der Waals surface area contributed by atoms with Gasteiger partial charge in [0, 0.05) is 25.0 Å². The molecule has 0 bridgehead atoms. The minimum Gasteiger partial charge on any atom is -0.324 e. The highest BCUT2D eigenvalue weighted by atomic mass is 35.5. The first kappa shape index (κ1) is 29.0. The lowest BCUT2D eigenvalue weighted by Gasteiger charge is -2.37. The summed E-state index contributed by atoms with van der Waals surface area (Å²) in [6.45, 7) is 2.89. The number of anilines is 1. The molecule has 202 valence electrons. The van der Waals surface area contributed by atoms with Gasteiger partial charge in [0.25, 0.3) is 5.91 Å². The third-order valence-electron chi connectivity index (χ3n) is 5.88. The topological polar surface area (TPSA) is 142 Å². The van der Waals surface area contributed by atoms with E-state index < -0.39 is 54.2 Å². The molecule has 1 aliphatic rings. The Balaban J connectivity index is 1.71. The molecule has 3 N–H and O–H groups in total. The van der Waals surface area contributed by atoms with Crippen molar-refractivity contribution in [1.82, 2.24) is 15.2 Å². The van der Waals surface area contributed by atoms with Crippen molar-refractivity contribution in [3.63, 3.8) is 0 Å². The highest BCUT2D eigenvalue weighted by molar-refractivity contribution is 7.92. The first-order valence-electron chi connectivity index (χ1n) is 11.3. The Morgan fingerprint density at radius 3 is 2.54 bits per heavy atom. The van der Waals surface area contributed by atoms with Gasteiger partial charge in [0.1, 0.15) is 11.9 Å². The SMILES string of the molecule is Cc1ccc(NC(=O)C(C)N2NCC(Cl)C(S(C)(=O)=O)C2=O)cc1S(=O)(=O)NCCc1ccccc1F. The molecule has 0 radical (unpaired) electrons. The highest BCUT2D eigenvalue weighted by Crippen LogP contribution is 2.22. The number of amides is 2. The Bertz CT molecular complexity index is 1400. The molecule has 1 fully saturated rings. The van der Waals surface area contributed by atoms with Gasteiger partial charge in [0.2, 0.25) is 15.9 Å². The van der Waals surface area contributed by atoms with Gasteiger partial charge in [0.05, 0.1) is 10.3 Å². The van der Waals surface area contributed by atoms with Crippen LogP contribution in [0.1, 0.15) is 18.1 Å². The fraction of sp³-hybridized carbons (Fsp3) is 0.391. The average Bonchev–Trinajstić information content (AvgIpc) is 2.80. The number of hydrazine groups is 1. The average molecular weight is 575 g/mol. The summed E-state index contributed by atoms with van der Waals surface area (Å²) >= 11 is 6.02. The van der Waals surface area contributed by atoms with E-state index in [2.05, 4.69) is 15.5 Å². The van der Waals surface area contributed by atoms with Crippen LogP contribution in [0.15, 0.2) is 47.4 Å². The number of halogens is 2. The third-order valence-corrected chi connectivity index (χ3v) is 9.49. The summed E-state index contributed by atoms with van der Waals surface area (Å²) in [5, 5.41) is 0.971. The van der Waals surface area contributed by atoms with Crippen LogP contribution >= 0.6 is 11.6 Å². The Kier molecular flexibility index (Phi) is 8.96. The second-order valence-electron chi connectivity index (χ2n) is 8.72. The minimum absolute atomic E-state index is 0.0395. The predicted octanol–water partition coefficient (Wildman–Crippen LogP) is 1.35. The second-order valence-corrected chi connectivity index (χ2v) is 13.2. The molecular formula is C23H28ClFN4O6S2. The summed E-state index contributed by atoms with van der Waals surface area (Å²) in [5.41, 5.74) is 3.61. The lowest BCUT2D eigenvalue weighted by atomic mass is 10.1. The van der Waals surface area contributed by atoms with Gasteiger partial charge < -0.3 is 5.32 Å². The molecule has 2 aromatic carbocycles. The summed E-state index contributed by atoms with van der Waals surface area (Å²) < 4.78 is 66.1. The van der Waals surface area contributed by atoms with Crippen LogP contribution in [0.2, 0.25) is 0 Å². The smallest absolute Gasteiger partial charge is 0.257 e. The zero-order valence-corrected chi connectivity index (χ0v) is 22.8. The third kappa shape index (κ3) is 6.85. The summed E-state index contributed by atoms with van der Waals surface area (Å²) in [4.78, 5) is 25.5. The van der Waals surface area contributed by atoms with Crippen LogP contribution < -0.4 is 15.5 Å². The summed E-state index contributed by atoms with van der Waals surface area (Å²) in [6.07, 6.45) is 1.05. The van der Waals surface area contributed by atoms with E-state index in [1.807, 2.05) is 0 Å². The van der Waals surface area contributed by atoms with E-state index in [0.29, 0.717) is 11.1 Å². The van der Waals surface area contributed by atoms with Crippen molar-refractivity contribution in [2.75, 3.05) is 24.7 Å². The van der Waals surface area contributed by atoms with E-state index in [1.165, 1.54) is 31.2 Å². The van der Waals surface area contributed by atoms with Crippen LogP contribution in [0.3, 0.4) is 0 Å². The zero-order chi connectivity index (χ0) is 27.5. The molecule has 1 aliphatic heterocycles. The standard InChI is InChI=1S/C23H28ClFN4O6S2/c1-14-8-9-17(12-20(14)37(34,35)27-11-10-16-6-4-5-7-19(16)25)28-22(30)15(2)29-23(31)21(36(3,32)33)18(24)13-26-29/h4-9,12,15,18,21,26-27H,10-11,13H2,1-3H3,(H,28,30). The molecule has 37 heavy (non-hydrogen) atoms. The number of alkyl halides is 1. The van der Waals surface area contributed by atoms with E-state index in [1.54, 1.807) is 25.1 Å². The van der Waals surface area contributed by atoms with Crippen LogP contribution in [0.25, 0.3) is 0 Å². The maximum atomic E-state index is 13.8. The van der Waals surface area contributed by atoms with Crippen molar-refractivity contribution in [1.29, 1.82) is 0 Å². The number of carbonyl (C=O) groups excluding carboxylic acids is 2. The number of carbonyl (C=O) groups is 2. The monoisotopic (exact) mass is 574 g/mol. The molecule has 1 heterocycles. The molecule has 3 atom stereocenters. The molecule has 3 rings (SSSR count). The number of rotatable bonds is 9. The van der Waals surface area contributed by atoms with Crippen molar-refractivity contribution in [3.8, 4) is 0 Å². The van der Waals surface area contributed by atoms with Gasteiger partial charge in [-0.1, -0.05) is 24.3 Å². The summed E-state index contributed by atoms with van der Waals surface area (Å²) in [7, 11) is -7.81. The van der Waals surface area contributed by atoms with E-state index in [9.17, 15) is 30.8 Å². The normalized spacial score (nSPS) is 19.5. The number of hydrogen-bond donors (Lipinski definition) is 3. The molecule has 0 saturated carbocycles. The molecule has 0 aliphatic carbocycles. The molecule has 1 saturated heterocycles. The van der Waals surface area contributed by atoms with Crippen molar-refractivity contribution in [2.45, 2.75) is 41.8 Å². The number of sulfone groups is 1. The van der Waals surface area contributed by atoms with Crippen LogP contribution in [-0.4, -0.2) is 69.7 Å². The molecule has 14 heteroatoms. The van der Waals surface area contributed by atoms with Gasteiger partial charge in [-0.3, -0.25) is 14.6 Å². The van der Waals surface area contributed by atoms with E-state index in [-0.39, 0.29) is 30.1 Å². The lowest BCUT2D eigenvalue weighted by Crippen LogP contribution is -2.65. The molecule has 0 spiro atoms. The zero-order valence-electron chi connectivity index (χ0n) is 20.4. The van der Waals surface area contributed by atoms with Crippen molar-refractivity contribution in [2.24, 2.45) is 0 Å². The van der Waals surface area contributed by atoms with Crippen LogP contribution in [-0.2, 0) is 35.9 Å². The maximum Gasteiger partial charge on any atom is 0.257 e. The minimum atomic E-state index is -3.99. The molecular weight excluding hydrogens is 547 g/mol. The van der Waals surface area contributed by atoms with Gasteiger partial charge >= 0.3 is 0 Å². The Hall–Kier alpha value is -2.58. The number of nitrogens with one attached hydrogen (secondary N) is 3. The quantitative estimate of drug-likeness (QED) is 0.384. The lowest BCUT2D eigenvalue weighted by molar-refractivity contribution is -0.143. The largest absolute Gasteiger partial charge is 0.324 e. The fourth-order valence-electron chi connectivity index (χ4n) is 3.87. The van der Waals surface area contributed by atoms with Gasteiger partial charge in [-0.25, -0.2) is 31.4 Å². The molecule has 0 aromatic heterocycles. The van der Waals surface area contributed by atoms with Gasteiger partial charge in [-0.15, -0.1) is 11.6 Å². The number of hydrogen-bond acceptors (Lipinski definition) is 7. The van der Waals surface area contributed by atoms with Gasteiger partial charge in [-0.2, -0.15) is 0 Å². The van der Waals surface area contributed by atoms with Gasteiger partial charge in [0.15, 0.2) is 15.1 Å². The Morgan fingerprint density at radius 2 is 1.89 bits per heavy atom. The van der Waals surface area contributed by atoms with Crippen molar-refractivity contribution >= 4 is 49.0 Å². The first-order valence-corrected chi connectivity index (χ1v) is 15.1. The van der Waals surface area contributed by atoms with Crippen LogP contribution in [0.5, 0.6) is 0 Å². The number of nitrogens with zero attached hydrogens (tertiary/aromatic N) is 1. The van der Waals surface area contributed by atoms with Crippen LogP contribution in [0.4, 0.5) is 10.1 Å². The summed E-state index contributed by atoms with van der Waals surface area (Å²) in [6, 6.07) is 9.20. The van der Waals surface area contributed by atoms with Crippen molar-refractivity contribution < 1.29 is 30.8 Å².